The van der Waals surface area contributed by atoms with Crippen molar-refractivity contribution in [3.63, 3.8) is 0 Å². The fourth-order valence-electron chi connectivity index (χ4n) is 2.66. The van der Waals surface area contributed by atoms with Gasteiger partial charge in [-0.1, -0.05) is 46.8 Å². The summed E-state index contributed by atoms with van der Waals surface area (Å²) in [4.78, 5) is 11.7. The predicted octanol–water partition coefficient (Wildman–Crippen LogP) is 3.78. The van der Waals surface area contributed by atoms with Crippen molar-refractivity contribution in [3.8, 4) is 0 Å². The molecule has 1 N–H and O–H groups in total. The van der Waals surface area contributed by atoms with Crippen molar-refractivity contribution in [2.24, 2.45) is 5.92 Å². The van der Waals surface area contributed by atoms with E-state index in [4.69, 9.17) is 11.6 Å². The Morgan fingerprint density at radius 3 is 2.59 bits per heavy atom. The summed E-state index contributed by atoms with van der Waals surface area (Å²) < 4.78 is 27.5. The van der Waals surface area contributed by atoms with Gasteiger partial charge in [0.25, 0.3) is 0 Å². The zero-order valence-corrected chi connectivity index (χ0v) is 15.3. The maximum Gasteiger partial charge on any atom is 0.242 e. The van der Waals surface area contributed by atoms with E-state index < -0.39 is 10.0 Å². The van der Waals surface area contributed by atoms with Gasteiger partial charge in [-0.2, -0.15) is 0 Å². The van der Waals surface area contributed by atoms with E-state index >= 15 is 0 Å². The van der Waals surface area contributed by atoms with Crippen LogP contribution in [0.15, 0.2) is 23.1 Å². The summed E-state index contributed by atoms with van der Waals surface area (Å²) in [6, 6.07) is 4.33. The number of carbonyl (C=O) groups is 1. The minimum absolute atomic E-state index is 0.0308. The van der Waals surface area contributed by atoms with Crippen molar-refractivity contribution in [1.29, 1.82) is 0 Å². The van der Waals surface area contributed by atoms with E-state index in [0.717, 1.165) is 25.7 Å². The molecule has 1 aromatic carbocycles. The number of carbonyl (C=O) groups excluding carboxylic acids is 1. The maximum absolute atomic E-state index is 12.4. The summed E-state index contributed by atoms with van der Waals surface area (Å²) in [5, 5.41) is 0.270. The van der Waals surface area contributed by atoms with Crippen LogP contribution in [0.4, 0.5) is 0 Å². The summed E-state index contributed by atoms with van der Waals surface area (Å²) in [6.45, 7) is 0.426. The van der Waals surface area contributed by atoms with E-state index in [1.54, 1.807) is 0 Å². The zero-order valence-electron chi connectivity index (χ0n) is 12.1. The molecule has 1 aromatic rings. The van der Waals surface area contributed by atoms with E-state index in [9.17, 15) is 13.2 Å². The first-order chi connectivity index (χ1) is 10.4. The number of sulfonamides is 1. The molecule has 2 rings (SSSR count). The molecule has 0 atom stereocenters. The van der Waals surface area contributed by atoms with Crippen molar-refractivity contribution in [2.75, 3.05) is 11.9 Å². The molecule has 22 heavy (non-hydrogen) atoms. The largest absolute Gasteiger partial charge is 0.293 e. The van der Waals surface area contributed by atoms with Gasteiger partial charge in [0.2, 0.25) is 10.0 Å². The van der Waals surface area contributed by atoms with Crippen LogP contribution in [0, 0.1) is 5.92 Å². The highest BCUT2D eigenvalue weighted by Crippen LogP contribution is 2.26. The second-order valence-electron chi connectivity index (χ2n) is 5.56. The van der Waals surface area contributed by atoms with Crippen molar-refractivity contribution in [3.05, 3.63) is 28.8 Å². The number of benzene rings is 1. The standard InChI is InChI=1S/C15H19BrClNO3S/c16-9-14(19)12-6-7-13(17)15(8-12)22(20,21)18-10-11-4-2-1-3-5-11/h6-8,11,18H,1-5,9-10H2. The highest BCUT2D eigenvalue weighted by molar-refractivity contribution is 9.09. The molecule has 7 heteroatoms. The Bertz CT molecular complexity index is 642. The average Bonchev–Trinajstić information content (AvgIpc) is 2.53. The molecule has 1 aliphatic rings. The maximum atomic E-state index is 12.4. The van der Waals surface area contributed by atoms with Crippen LogP contribution in [0.1, 0.15) is 42.5 Å². The molecular weight excluding hydrogens is 390 g/mol. The molecule has 0 aromatic heterocycles. The minimum atomic E-state index is -3.70. The van der Waals surface area contributed by atoms with Gasteiger partial charge in [0.1, 0.15) is 4.90 Å². The lowest BCUT2D eigenvalue weighted by Crippen LogP contribution is -2.30. The molecule has 0 bridgehead atoms. The van der Waals surface area contributed by atoms with Crippen LogP contribution < -0.4 is 4.72 Å². The SMILES string of the molecule is O=C(CBr)c1ccc(Cl)c(S(=O)(=O)NCC2CCCCC2)c1. The van der Waals surface area contributed by atoms with Gasteiger partial charge < -0.3 is 0 Å². The van der Waals surface area contributed by atoms with Gasteiger partial charge in [-0.15, -0.1) is 0 Å². The number of halogens is 2. The number of alkyl halides is 1. The van der Waals surface area contributed by atoms with E-state index in [-0.39, 0.29) is 21.0 Å². The highest BCUT2D eigenvalue weighted by atomic mass is 79.9. The number of nitrogens with one attached hydrogen (secondary N) is 1. The molecule has 0 saturated heterocycles. The lowest BCUT2D eigenvalue weighted by molar-refractivity contribution is 0.102. The lowest BCUT2D eigenvalue weighted by atomic mass is 9.90. The molecule has 0 aliphatic heterocycles. The van der Waals surface area contributed by atoms with Gasteiger partial charge in [-0.25, -0.2) is 13.1 Å². The Morgan fingerprint density at radius 2 is 1.95 bits per heavy atom. The summed E-state index contributed by atoms with van der Waals surface area (Å²) >= 11 is 9.09. The minimum Gasteiger partial charge on any atom is -0.293 e. The second kappa shape index (κ2) is 7.90. The third-order valence-corrected chi connectivity index (χ3v) is 6.37. The monoisotopic (exact) mass is 407 g/mol. The summed E-state index contributed by atoms with van der Waals surface area (Å²) in [5.74, 6) is 0.204. The van der Waals surface area contributed by atoms with Crippen LogP contribution in [0.25, 0.3) is 0 Å². The highest BCUT2D eigenvalue weighted by Gasteiger charge is 2.22. The van der Waals surface area contributed by atoms with Crippen LogP contribution >= 0.6 is 27.5 Å². The molecule has 1 fully saturated rings. The molecule has 0 radical (unpaired) electrons. The van der Waals surface area contributed by atoms with Gasteiger partial charge in [-0.05, 0) is 37.0 Å². The molecule has 0 unspecified atom stereocenters. The van der Waals surface area contributed by atoms with Gasteiger partial charge in [0, 0.05) is 12.1 Å². The Hall–Kier alpha value is -0.430. The number of hydrogen-bond acceptors (Lipinski definition) is 3. The molecule has 1 aliphatic carbocycles. The van der Waals surface area contributed by atoms with E-state index in [0.29, 0.717) is 18.0 Å². The van der Waals surface area contributed by atoms with E-state index in [2.05, 4.69) is 20.7 Å². The van der Waals surface area contributed by atoms with Gasteiger partial charge >= 0.3 is 0 Å². The fraction of sp³-hybridized carbons (Fsp3) is 0.533. The second-order valence-corrected chi connectivity index (χ2v) is 8.26. The van der Waals surface area contributed by atoms with Crippen LogP contribution in [-0.4, -0.2) is 26.1 Å². The van der Waals surface area contributed by atoms with Crippen molar-refractivity contribution in [2.45, 2.75) is 37.0 Å². The smallest absolute Gasteiger partial charge is 0.242 e. The van der Waals surface area contributed by atoms with Crippen molar-refractivity contribution >= 4 is 43.3 Å². The van der Waals surface area contributed by atoms with Crippen LogP contribution in [0.2, 0.25) is 5.02 Å². The Kier molecular flexibility index (Phi) is 6.44. The third-order valence-electron chi connectivity index (χ3n) is 3.95. The quantitative estimate of drug-likeness (QED) is 0.575. The van der Waals surface area contributed by atoms with E-state index in [1.807, 2.05) is 0 Å². The summed E-state index contributed by atoms with van der Waals surface area (Å²) in [6.07, 6.45) is 5.65. The first-order valence-electron chi connectivity index (χ1n) is 7.32. The number of Topliss-reactive ketones (excluding diaryl/α,β-unsaturated/α-hetero) is 1. The fourth-order valence-corrected chi connectivity index (χ4v) is 4.62. The lowest BCUT2D eigenvalue weighted by Gasteiger charge is -2.21. The molecule has 0 spiro atoms. The summed E-state index contributed by atoms with van der Waals surface area (Å²) in [5.41, 5.74) is 0.333. The van der Waals surface area contributed by atoms with E-state index in [1.165, 1.54) is 24.6 Å². The first kappa shape index (κ1) is 17.9. The van der Waals surface area contributed by atoms with Gasteiger partial charge in [0.05, 0.1) is 10.4 Å². The number of ketones is 1. The Labute approximate surface area is 144 Å². The Morgan fingerprint density at radius 1 is 1.27 bits per heavy atom. The van der Waals surface area contributed by atoms with Crippen LogP contribution in [-0.2, 0) is 10.0 Å². The third kappa shape index (κ3) is 4.54. The van der Waals surface area contributed by atoms with Crippen molar-refractivity contribution < 1.29 is 13.2 Å². The van der Waals surface area contributed by atoms with Crippen LogP contribution in [0.5, 0.6) is 0 Å². The number of rotatable bonds is 6. The topological polar surface area (TPSA) is 63.2 Å². The van der Waals surface area contributed by atoms with Crippen molar-refractivity contribution in [1.82, 2.24) is 4.72 Å². The van der Waals surface area contributed by atoms with Gasteiger partial charge in [-0.3, -0.25) is 4.79 Å². The molecular formula is C15H19BrClNO3S. The first-order valence-corrected chi connectivity index (χ1v) is 10.3. The van der Waals surface area contributed by atoms with Gasteiger partial charge in [0.15, 0.2) is 5.78 Å². The predicted molar refractivity (Wildman–Crippen MR) is 91.3 cm³/mol. The molecule has 0 amide bonds. The normalized spacial score (nSPS) is 16.6. The zero-order chi connectivity index (χ0) is 16.2. The molecule has 4 nitrogen and oxygen atoms in total. The molecule has 0 heterocycles. The average molecular weight is 409 g/mol. The van der Waals surface area contributed by atoms with Crippen LogP contribution in [0.3, 0.4) is 0 Å². The molecule has 1 saturated carbocycles. The molecule has 122 valence electrons. The Balaban J connectivity index is 2.15. The summed E-state index contributed by atoms with van der Waals surface area (Å²) in [7, 11) is -3.70. The number of hydrogen-bond donors (Lipinski definition) is 1.